The maximum Gasteiger partial charge on any atom is 0.386 e. The molecule has 4 heteroatoms. The second kappa shape index (κ2) is 6.02. The SMILES string of the molecule is C=C(CC)C(=O)OOC(=O)c1cccc2ccccc12. The third kappa shape index (κ3) is 2.85. The van der Waals surface area contributed by atoms with Crippen LogP contribution in [0.2, 0.25) is 0 Å². The molecule has 2 aromatic rings. The molecule has 0 atom stereocenters. The van der Waals surface area contributed by atoms with Crippen molar-refractivity contribution in [1.29, 1.82) is 0 Å². The Hall–Kier alpha value is -2.62. The summed E-state index contributed by atoms with van der Waals surface area (Å²) < 4.78 is 0. The Morgan fingerprint density at radius 1 is 1.05 bits per heavy atom. The maximum atomic E-state index is 11.9. The largest absolute Gasteiger partial charge is 0.386 e. The molecular formula is C16H14O4. The zero-order valence-corrected chi connectivity index (χ0v) is 11.1. The van der Waals surface area contributed by atoms with E-state index < -0.39 is 11.9 Å². The van der Waals surface area contributed by atoms with Crippen LogP contribution >= 0.6 is 0 Å². The van der Waals surface area contributed by atoms with Crippen LogP contribution in [0.5, 0.6) is 0 Å². The summed E-state index contributed by atoms with van der Waals surface area (Å²) in [5.74, 6) is -1.44. The van der Waals surface area contributed by atoms with Gasteiger partial charge in [-0.2, -0.15) is 0 Å². The second-order valence-electron chi connectivity index (χ2n) is 4.23. The van der Waals surface area contributed by atoms with Crippen molar-refractivity contribution in [2.75, 3.05) is 0 Å². The standard InChI is InChI=1S/C16H14O4/c1-3-11(2)15(17)19-20-16(18)14-10-6-8-12-7-4-5-9-13(12)14/h4-10H,2-3H2,1H3. The van der Waals surface area contributed by atoms with Crippen molar-refractivity contribution in [3.05, 3.63) is 60.2 Å². The molecule has 0 aliphatic rings. The van der Waals surface area contributed by atoms with Crippen molar-refractivity contribution in [2.45, 2.75) is 13.3 Å². The van der Waals surface area contributed by atoms with Gasteiger partial charge in [0.05, 0.1) is 5.56 Å². The van der Waals surface area contributed by atoms with Crippen LogP contribution in [-0.4, -0.2) is 11.9 Å². The molecule has 0 saturated carbocycles. The first-order valence-electron chi connectivity index (χ1n) is 6.22. The summed E-state index contributed by atoms with van der Waals surface area (Å²) in [4.78, 5) is 32.4. The van der Waals surface area contributed by atoms with Crippen molar-refractivity contribution >= 4 is 22.7 Å². The summed E-state index contributed by atoms with van der Waals surface area (Å²) in [6.45, 7) is 5.27. The van der Waals surface area contributed by atoms with Gasteiger partial charge in [-0.15, -0.1) is 0 Å². The molecule has 2 rings (SSSR count). The second-order valence-corrected chi connectivity index (χ2v) is 4.23. The predicted molar refractivity (Wildman–Crippen MR) is 74.9 cm³/mol. The van der Waals surface area contributed by atoms with E-state index in [0.29, 0.717) is 12.0 Å². The molecule has 0 unspecified atom stereocenters. The first-order valence-corrected chi connectivity index (χ1v) is 6.22. The van der Waals surface area contributed by atoms with Crippen LogP contribution < -0.4 is 0 Å². The zero-order valence-electron chi connectivity index (χ0n) is 11.1. The van der Waals surface area contributed by atoms with E-state index in [1.54, 1.807) is 25.1 Å². The van der Waals surface area contributed by atoms with Gasteiger partial charge in [0.25, 0.3) is 0 Å². The molecule has 0 saturated heterocycles. The van der Waals surface area contributed by atoms with Crippen LogP contribution in [0, 0.1) is 0 Å². The molecule has 0 fully saturated rings. The third-order valence-corrected chi connectivity index (χ3v) is 2.92. The Bertz CT molecular complexity index is 668. The van der Waals surface area contributed by atoms with Crippen molar-refractivity contribution in [3.8, 4) is 0 Å². The average molecular weight is 270 g/mol. The zero-order chi connectivity index (χ0) is 14.5. The minimum Gasteiger partial charge on any atom is -0.242 e. The first kappa shape index (κ1) is 13.8. The molecule has 0 aliphatic heterocycles. The number of rotatable bonds is 3. The lowest BCUT2D eigenvalue weighted by atomic mass is 10.1. The molecule has 0 aromatic heterocycles. The van der Waals surface area contributed by atoms with Crippen molar-refractivity contribution < 1.29 is 19.4 Å². The topological polar surface area (TPSA) is 52.6 Å². The highest BCUT2D eigenvalue weighted by molar-refractivity contribution is 6.04. The van der Waals surface area contributed by atoms with Gasteiger partial charge in [-0.1, -0.05) is 49.9 Å². The van der Waals surface area contributed by atoms with Gasteiger partial charge in [-0.3, -0.25) is 0 Å². The van der Waals surface area contributed by atoms with E-state index in [2.05, 4.69) is 16.4 Å². The summed E-state index contributed by atoms with van der Waals surface area (Å²) >= 11 is 0. The Morgan fingerprint density at radius 3 is 2.50 bits per heavy atom. The summed E-state index contributed by atoms with van der Waals surface area (Å²) in [5, 5.41) is 1.65. The Labute approximate surface area is 116 Å². The van der Waals surface area contributed by atoms with E-state index >= 15 is 0 Å². The third-order valence-electron chi connectivity index (χ3n) is 2.92. The molecule has 4 nitrogen and oxygen atoms in total. The molecule has 0 amide bonds. The van der Waals surface area contributed by atoms with E-state index in [-0.39, 0.29) is 5.57 Å². The molecule has 20 heavy (non-hydrogen) atoms. The summed E-state index contributed by atoms with van der Waals surface area (Å²) in [7, 11) is 0. The number of hydrogen-bond donors (Lipinski definition) is 0. The van der Waals surface area contributed by atoms with Crippen LogP contribution in [0.4, 0.5) is 0 Å². The fraction of sp³-hybridized carbons (Fsp3) is 0.125. The lowest BCUT2D eigenvalue weighted by molar-refractivity contribution is -0.229. The number of hydrogen-bond acceptors (Lipinski definition) is 4. The highest BCUT2D eigenvalue weighted by Gasteiger charge is 2.15. The van der Waals surface area contributed by atoms with E-state index in [1.165, 1.54) is 0 Å². The molecule has 0 radical (unpaired) electrons. The van der Waals surface area contributed by atoms with E-state index in [1.807, 2.05) is 24.3 Å². The van der Waals surface area contributed by atoms with Crippen LogP contribution in [0.15, 0.2) is 54.6 Å². The van der Waals surface area contributed by atoms with E-state index in [0.717, 1.165) is 10.8 Å². The highest BCUT2D eigenvalue weighted by Crippen LogP contribution is 2.19. The van der Waals surface area contributed by atoms with Gasteiger partial charge in [0.1, 0.15) is 0 Å². The summed E-state index contributed by atoms with van der Waals surface area (Å²) in [6.07, 6.45) is 0.435. The van der Waals surface area contributed by atoms with Crippen molar-refractivity contribution in [3.63, 3.8) is 0 Å². The monoisotopic (exact) mass is 270 g/mol. The number of fused-ring (bicyclic) bond motifs is 1. The average Bonchev–Trinajstić information content (AvgIpc) is 2.50. The molecule has 0 aliphatic carbocycles. The normalized spacial score (nSPS) is 10.1. The van der Waals surface area contributed by atoms with Crippen molar-refractivity contribution in [1.82, 2.24) is 0 Å². The minimum atomic E-state index is -0.735. The quantitative estimate of drug-likeness (QED) is 0.487. The Balaban J connectivity index is 2.16. The number of benzene rings is 2. The molecule has 0 spiro atoms. The van der Waals surface area contributed by atoms with Gasteiger partial charge in [0.2, 0.25) is 0 Å². The van der Waals surface area contributed by atoms with Gasteiger partial charge >= 0.3 is 11.9 Å². The minimum absolute atomic E-state index is 0.246. The number of carbonyl (C=O) groups is 2. The smallest absolute Gasteiger partial charge is 0.242 e. The van der Waals surface area contributed by atoms with Gasteiger partial charge in [0.15, 0.2) is 0 Å². The van der Waals surface area contributed by atoms with E-state index in [4.69, 9.17) is 0 Å². The van der Waals surface area contributed by atoms with Gasteiger partial charge in [-0.05, 0) is 23.3 Å². The molecule has 2 aromatic carbocycles. The fourth-order valence-corrected chi connectivity index (χ4v) is 1.73. The molecule has 0 N–H and O–H groups in total. The number of carbonyl (C=O) groups excluding carboxylic acids is 2. The molecular weight excluding hydrogens is 256 g/mol. The van der Waals surface area contributed by atoms with Gasteiger partial charge in [-0.25, -0.2) is 19.4 Å². The fourth-order valence-electron chi connectivity index (χ4n) is 1.73. The van der Waals surface area contributed by atoms with Gasteiger partial charge in [0, 0.05) is 5.57 Å². The van der Waals surface area contributed by atoms with Crippen molar-refractivity contribution in [2.24, 2.45) is 0 Å². The highest BCUT2D eigenvalue weighted by atomic mass is 17.2. The van der Waals surface area contributed by atoms with Crippen LogP contribution in [0.1, 0.15) is 23.7 Å². The molecule has 0 bridgehead atoms. The summed E-state index contributed by atoms with van der Waals surface area (Å²) in [6, 6.07) is 12.6. The van der Waals surface area contributed by atoms with Crippen LogP contribution in [0.25, 0.3) is 10.8 Å². The first-order chi connectivity index (χ1) is 9.63. The maximum absolute atomic E-state index is 11.9. The summed E-state index contributed by atoms with van der Waals surface area (Å²) in [5.41, 5.74) is 0.591. The predicted octanol–water partition coefficient (Wildman–Crippen LogP) is 3.42. The molecule has 0 heterocycles. The van der Waals surface area contributed by atoms with Gasteiger partial charge < -0.3 is 0 Å². The van der Waals surface area contributed by atoms with Crippen LogP contribution in [-0.2, 0) is 14.6 Å². The van der Waals surface area contributed by atoms with E-state index in [9.17, 15) is 9.59 Å². The lowest BCUT2D eigenvalue weighted by Gasteiger charge is -2.06. The van der Waals surface area contributed by atoms with Crippen LogP contribution in [0.3, 0.4) is 0 Å². The Kier molecular flexibility index (Phi) is 4.15. The molecule has 102 valence electrons. The lowest BCUT2D eigenvalue weighted by Crippen LogP contribution is -2.12. The Morgan fingerprint density at radius 2 is 1.75 bits per heavy atom.